The molecule has 0 bridgehead atoms. The Balaban J connectivity index is 2.25. The normalized spacial score (nSPS) is 10.1. The number of halogens is 1. The maximum Gasteiger partial charge on any atom is 0.146 e. The van der Waals surface area contributed by atoms with E-state index in [-0.39, 0.29) is 5.82 Å². The lowest BCUT2D eigenvalue weighted by Crippen LogP contribution is -1.92. The molecule has 4 heteroatoms. The first-order valence-electron chi connectivity index (χ1n) is 4.27. The average molecular weight is 191 g/mol. The molecule has 1 aromatic carbocycles. The summed E-state index contributed by atoms with van der Waals surface area (Å²) >= 11 is 0. The summed E-state index contributed by atoms with van der Waals surface area (Å²) in [6, 6.07) is 5.05. The Bertz CT molecular complexity index is 423. The Morgan fingerprint density at radius 3 is 2.93 bits per heavy atom. The topological polar surface area (TPSA) is 40.7 Å². The van der Waals surface area contributed by atoms with Gasteiger partial charge in [-0.25, -0.2) is 4.39 Å². The van der Waals surface area contributed by atoms with Crippen LogP contribution in [0.15, 0.2) is 30.6 Å². The molecule has 2 N–H and O–H groups in total. The van der Waals surface area contributed by atoms with Crippen LogP contribution < -0.4 is 5.32 Å². The second-order valence-corrected chi connectivity index (χ2v) is 3.10. The van der Waals surface area contributed by atoms with E-state index < -0.39 is 0 Å². The van der Waals surface area contributed by atoms with Crippen LogP contribution in [0.4, 0.5) is 15.8 Å². The van der Waals surface area contributed by atoms with Crippen LogP contribution in [0.3, 0.4) is 0 Å². The number of aromatic nitrogens is 2. The first-order valence-corrected chi connectivity index (χ1v) is 4.27. The van der Waals surface area contributed by atoms with Gasteiger partial charge < -0.3 is 5.32 Å². The van der Waals surface area contributed by atoms with Crippen LogP contribution in [0.1, 0.15) is 5.56 Å². The summed E-state index contributed by atoms with van der Waals surface area (Å²) in [6.07, 6.45) is 3.26. The van der Waals surface area contributed by atoms with Gasteiger partial charge in [0.2, 0.25) is 0 Å². The number of nitrogens with one attached hydrogen (secondary N) is 2. The SMILES string of the molecule is Cc1ccc(Nc2cn[nH]c2)c(F)c1. The molecule has 0 amide bonds. The van der Waals surface area contributed by atoms with E-state index in [9.17, 15) is 4.39 Å². The van der Waals surface area contributed by atoms with Crippen molar-refractivity contribution in [2.24, 2.45) is 0 Å². The van der Waals surface area contributed by atoms with Crippen LogP contribution in [0.5, 0.6) is 0 Å². The summed E-state index contributed by atoms with van der Waals surface area (Å²) in [4.78, 5) is 0. The van der Waals surface area contributed by atoms with E-state index in [1.54, 1.807) is 18.5 Å². The Morgan fingerprint density at radius 2 is 2.29 bits per heavy atom. The molecule has 2 aromatic rings. The maximum atomic E-state index is 13.3. The molecule has 0 saturated carbocycles. The maximum absolute atomic E-state index is 13.3. The summed E-state index contributed by atoms with van der Waals surface area (Å²) in [7, 11) is 0. The van der Waals surface area contributed by atoms with Gasteiger partial charge in [0, 0.05) is 6.20 Å². The lowest BCUT2D eigenvalue weighted by Gasteiger charge is -2.04. The molecule has 0 fully saturated rings. The van der Waals surface area contributed by atoms with Crippen molar-refractivity contribution in [2.75, 3.05) is 5.32 Å². The number of aryl methyl sites for hydroxylation is 1. The molecular weight excluding hydrogens is 181 g/mol. The van der Waals surface area contributed by atoms with Crippen molar-refractivity contribution in [3.8, 4) is 0 Å². The second-order valence-electron chi connectivity index (χ2n) is 3.10. The number of hydrogen-bond donors (Lipinski definition) is 2. The number of H-pyrrole nitrogens is 1. The molecule has 0 aliphatic heterocycles. The molecule has 0 aliphatic rings. The van der Waals surface area contributed by atoms with Crippen LogP contribution in [-0.2, 0) is 0 Å². The van der Waals surface area contributed by atoms with Crippen LogP contribution in [0.2, 0.25) is 0 Å². The summed E-state index contributed by atoms with van der Waals surface area (Å²) in [6.45, 7) is 1.85. The molecule has 3 nitrogen and oxygen atoms in total. The van der Waals surface area contributed by atoms with Crippen molar-refractivity contribution in [2.45, 2.75) is 6.92 Å². The molecule has 2 rings (SSSR count). The first kappa shape index (κ1) is 8.74. The summed E-state index contributed by atoms with van der Waals surface area (Å²) in [5.41, 5.74) is 2.10. The molecular formula is C10H10FN3. The standard InChI is InChI=1S/C10H10FN3/c1-7-2-3-10(9(11)4-7)14-8-5-12-13-6-8/h2-6,14H,1H3,(H,12,13). The van der Waals surface area contributed by atoms with Crippen molar-refractivity contribution in [1.82, 2.24) is 10.2 Å². The molecule has 1 aromatic heterocycles. The zero-order chi connectivity index (χ0) is 9.97. The fourth-order valence-electron chi connectivity index (χ4n) is 1.20. The third-order valence-corrected chi connectivity index (χ3v) is 1.90. The van der Waals surface area contributed by atoms with Gasteiger partial charge in [0.1, 0.15) is 5.82 Å². The third kappa shape index (κ3) is 1.74. The number of anilines is 2. The van der Waals surface area contributed by atoms with Gasteiger partial charge in [-0.3, -0.25) is 5.10 Å². The van der Waals surface area contributed by atoms with E-state index in [1.165, 1.54) is 6.07 Å². The largest absolute Gasteiger partial charge is 0.351 e. The molecule has 0 saturated heterocycles. The van der Waals surface area contributed by atoms with E-state index in [0.29, 0.717) is 5.69 Å². The van der Waals surface area contributed by atoms with Gasteiger partial charge in [-0.05, 0) is 24.6 Å². The molecule has 0 aliphatic carbocycles. The number of nitrogens with zero attached hydrogens (tertiary/aromatic N) is 1. The monoisotopic (exact) mass is 191 g/mol. The van der Waals surface area contributed by atoms with E-state index >= 15 is 0 Å². The van der Waals surface area contributed by atoms with E-state index in [0.717, 1.165) is 11.3 Å². The van der Waals surface area contributed by atoms with Gasteiger partial charge in [0.15, 0.2) is 0 Å². The van der Waals surface area contributed by atoms with Crippen LogP contribution in [-0.4, -0.2) is 10.2 Å². The zero-order valence-electron chi connectivity index (χ0n) is 7.71. The lowest BCUT2D eigenvalue weighted by molar-refractivity contribution is 0.631. The molecule has 0 radical (unpaired) electrons. The van der Waals surface area contributed by atoms with Gasteiger partial charge in [-0.1, -0.05) is 6.07 Å². The molecule has 1 heterocycles. The average Bonchev–Trinajstić information content (AvgIpc) is 2.62. The Kier molecular flexibility index (Phi) is 2.18. The predicted molar refractivity (Wildman–Crippen MR) is 53.0 cm³/mol. The fraction of sp³-hybridized carbons (Fsp3) is 0.100. The van der Waals surface area contributed by atoms with Crippen molar-refractivity contribution < 1.29 is 4.39 Å². The number of hydrogen-bond acceptors (Lipinski definition) is 2. The Labute approximate surface area is 81.0 Å². The van der Waals surface area contributed by atoms with Gasteiger partial charge in [-0.2, -0.15) is 5.10 Å². The minimum Gasteiger partial charge on any atom is -0.351 e. The van der Waals surface area contributed by atoms with Crippen LogP contribution >= 0.6 is 0 Å². The molecule has 0 spiro atoms. The van der Waals surface area contributed by atoms with Gasteiger partial charge >= 0.3 is 0 Å². The smallest absolute Gasteiger partial charge is 0.146 e. The summed E-state index contributed by atoms with van der Waals surface area (Å²) < 4.78 is 13.3. The van der Waals surface area contributed by atoms with E-state index in [1.807, 2.05) is 13.0 Å². The van der Waals surface area contributed by atoms with Crippen molar-refractivity contribution in [3.63, 3.8) is 0 Å². The second kappa shape index (κ2) is 3.49. The molecule has 0 atom stereocenters. The predicted octanol–water partition coefficient (Wildman–Crippen LogP) is 2.60. The van der Waals surface area contributed by atoms with Gasteiger partial charge in [-0.15, -0.1) is 0 Å². The van der Waals surface area contributed by atoms with E-state index in [4.69, 9.17) is 0 Å². The van der Waals surface area contributed by atoms with Gasteiger partial charge in [0.05, 0.1) is 17.6 Å². The minimum atomic E-state index is -0.258. The number of benzene rings is 1. The molecule has 0 unspecified atom stereocenters. The lowest BCUT2D eigenvalue weighted by atomic mass is 10.2. The van der Waals surface area contributed by atoms with Crippen molar-refractivity contribution >= 4 is 11.4 Å². The molecule has 72 valence electrons. The third-order valence-electron chi connectivity index (χ3n) is 1.90. The summed E-state index contributed by atoms with van der Waals surface area (Å²) in [5, 5.41) is 9.31. The van der Waals surface area contributed by atoms with Crippen LogP contribution in [0, 0.1) is 12.7 Å². The van der Waals surface area contributed by atoms with Gasteiger partial charge in [0.25, 0.3) is 0 Å². The summed E-state index contributed by atoms with van der Waals surface area (Å²) in [5.74, 6) is -0.258. The zero-order valence-corrected chi connectivity index (χ0v) is 7.71. The Hall–Kier alpha value is -1.84. The highest BCUT2D eigenvalue weighted by atomic mass is 19.1. The first-order chi connectivity index (χ1) is 6.75. The fourth-order valence-corrected chi connectivity index (χ4v) is 1.20. The van der Waals surface area contributed by atoms with E-state index in [2.05, 4.69) is 15.5 Å². The minimum absolute atomic E-state index is 0.258. The number of aromatic amines is 1. The Morgan fingerprint density at radius 1 is 1.43 bits per heavy atom. The van der Waals surface area contributed by atoms with Crippen molar-refractivity contribution in [3.05, 3.63) is 42.0 Å². The highest BCUT2D eigenvalue weighted by Crippen LogP contribution is 2.19. The van der Waals surface area contributed by atoms with Crippen LogP contribution in [0.25, 0.3) is 0 Å². The van der Waals surface area contributed by atoms with Crippen molar-refractivity contribution in [1.29, 1.82) is 0 Å². The quantitative estimate of drug-likeness (QED) is 0.766. The highest BCUT2D eigenvalue weighted by molar-refractivity contribution is 5.58. The molecule has 14 heavy (non-hydrogen) atoms. The highest BCUT2D eigenvalue weighted by Gasteiger charge is 2.02. The number of rotatable bonds is 2.